The van der Waals surface area contributed by atoms with Crippen molar-refractivity contribution >= 4 is 5.91 Å². The highest BCUT2D eigenvalue weighted by atomic mass is 19.1. The van der Waals surface area contributed by atoms with Crippen molar-refractivity contribution < 1.29 is 9.18 Å². The Morgan fingerprint density at radius 2 is 2.14 bits per heavy atom. The molecule has 1 fully saturated rings. The van der Waals surface area contributed by atoms with E-state index >= 15 is 0 Å². The molecule has 1 aliphatic rings. The maximum atomic E-state index is 14.2. The molecule has 5 heteroatoms. The minimum absolute atomic E-state index is 0.0170. The molecular formula is C16H24FN3O. The second kappa shape index (κ2) is 7.00. The predicted molar refractivity (Wildman–Crippen MR) is 81.2 cm³/mol. The number of likely N-dealkylation sites (N-methyl/N-ethyl adjacent to an activating group) is 1. The fourth-order valence-electron chi connectivity index (χ4n) is 3.21. The van der Waals surface area contributed by atoms with Crippen LogP contribution in [0.1, 0.15) is 37.8 Å². The molecule has 0 radical (unpaired) electrons. The van der Waals surface area contributed by atoms with E-state index in [1.54, 1.807) is 19.2 Å². The van der Waals surface area contributed by atoms with Crippen LogP contribution in [0.15, 0.2) is 24.3 Å². The number of nitrogens with one attached hydrogen (secondary N) is 1. The van der Waals surface area contributed by atoms with Gasteiger partial charge in [0, 0.05) is 18.7 Å². The summed E-state index contributed by atoms with van der Waals surface area (Å²) in [6.45, 7) is 2.63. The van der Waals surface area contributed by atoms with Gasteiger partial charge in [-0.3, -0.25) is 9.69 Å². The van der Waals surface area contributed by atoms with Crippen molar-refractivity contribution in [3.63, 3.8) is 0 Å². The largest absolute Gasteiger partial charge is 0.358 e. The Labute approximate surface area is 125 Å². The van der Waals surface area contributed by atoms with Crippen molar-refractivity contribution in [2.45, 2.75) is 44.3 Å². The topological polar surface area (TPSA) is 58.4 Å². The van der Waals surface area contributed by atoms with E-state index in [0.717, 1.165) is 25.8 Å². The summed E-state index contributed by atoms with van der Waals surface area (Å²) in [7, 11) is 1.64. The Bertz CT molecular complexity index is 492. The van der Waals surface area contributed by atoms with Crippen LogP contribution in [0.3, 0.4) is 0 Å². The third kappa shape index (κ3) is 3.41. The van der Waals surface area contributed by atoms with Gasteiger partial charge in [0.05, 0.1) is 12.1 Å². The number of rotatable bonds is 4. The van der Waals surface area contributed by atoms with Crippen LogP contribution in [0.5, 0.6) is 0 Å². The summed E-state index contributed by atoms with van der Waals surface area (Å²) in [5, 5.41) is 2.71. The van der Waals surface area contributed by atoms with E-state index in [2.05, 4.69) is 10.2 Å². The number of nitrogens with two attached hydrogens (primary N) is 1. The number of benzene rings is 1. The molecule has 0 saturated carbocycles. The van der Waals surface area contributed by atoms with Crippen LogP contribution >= 0.6 is 0 Å². The average molecular weight is 293 g/mol. The van der Waals surface area contributed by atoms with Gasteiger partial charge in [0.15, 0.2) is 0 Å². The lowest BCUT2D eigenvalue weighted by molar-refractivity contribution is -0.128. The predicted octanol–water partition coefficient (Wildman–Crippen LogP) is 1.81. The zero-order valence-corrected chi connectivity index (χ0v) is 12.7. The molecule has 0 aromatic heterocycles. The minimum Gasteiger partial charge on any atom is -0.358 e. The van der Waals surface area contributed by atoms with Crippen LogP contribution < -0.4 is 11.1 Å². The highest BCUT2D eigenvalue weighted by molar-refractivity contribution is 5.81. The maximum Gasteiger partial charge on any atom is 0.237 e. The Kier molecular flexibility index (Phi) is 5.31. The van der Waals surface area contributed by atoms with Gasteiger partial charge in [-0.25, -0.2) is 4.39 Å². The van der Waals surface area contributed by atoms with Crippen LogP contribution in [0.4, 0.5) is 4.39 Å². The van der Waals surface area contributed by atoms with Crippen molar-refractivity contribution in [1.82, 2.24) is 10.2 Å². The highest BCUT2D eigenvalue weighted by Crippen LogP contribution is 2.32. The van der Waals surface area contributed by atoms with Crippen LogP contribution in [-0.2, 0) is 4.79 Å². The fourth-order valence-corrected chi connectivity index (χ4v) is 3.21. The Hall–Kier alpha value is -1.46. The van der Waals surface area contributed by atoms with Gasteiger partial charge in [0.25, 0.3) is 0 Å². The third-order valence-corrected chi connectivity index (χ3v) is 4.17. The normalized spacial score (nSPS) is 22.6. The molecule has 3 N–H and O–H groups in total. The monoisotopic (exact) mass is 293 g/mol. The first-order valence-electron chi connectivity index (χ1n) is 7.53. The second-order valence-corrected chi connectivity index (χ2v) is 5.69. The number of hydrogen-bond acceptors (Lipinski definition) is 3. The molecule has 3 atom stereocenters. The van der Waals surface area contributed by atoms with Gasteiger partial charge in [-0.05, 0) is 32.4 Å². The van der Waals surface area contributed by atoms with E-state index in [4.69, 9.17) is 5.73 Å². The molecule has 1 amide bonds. The zero-order chi connectivity index (χ0) is 15.4. The van der Waals surface area contributed by atoms with E-state index in [1.807, 2.05) is 13.0 Å². The molecule has 1 aromatic carbocycles. The number of carbonyl (C=O) groups excluding carboxylic acids is 1. The summed E-state index contributed by atoms with van der Waals surface area (Å²) < 4.78 is 14.2. The summed E-state index contributed by atoms with van der Waals surface area (Å²) in [5.74, 6) is -0.280. The molecule has 4 nitrogen and oxygen atoms in total. The summed E-state index contributed by atoms with van der Waals surface area (Å²) in [5.41, 5.74) is 6.70. The molecule has 0 spiro atoms. The van der Waals surface area contributed by atoms with E-state index in [0.29, 0.717) is 5.56 Å². The number of hydrogen-bond donors (Lipinski definition) is 2. The van der Waals surface area contributed by atoms with Gasteiger partial charge in [-0.1, -0.05) is 24.6 Å². The van der Waals surface area contributed by atoms with Crippen molar-refractivity contribution in [1.29, 1.82) is 0 Å². The number of halogens is 1. The van der Waals surface area contributed by atoms with Crippen molar-refractivity contribution in [2.24, 2.45) is 5.73 Å². The van der Waals surface area contributed by atoms with E-state index in [9.17, 15) is 9.18 Å². The first-order valence-corrected chi connectivity index (χ1v) is 7.53. The standard InChI is InChI=1S/C16H24FN3O/c1-11(18)15(12-7-3-4-8-13(12)17)20-10-6-5-9-14(20)16(21)19-2/h3-4,7-8,11,14-15H,5-6,9-10,18H2,1-2H3,(H,19,21). The third-order valence-electron chi connectivity index (χ3n) is 4.17. The van der Waals surface area contributed by atoms with E-state index < -0.39 is 0 Å². The first kappa shape index (κ1) is 15.9. The molecule has 1 aliphatic heterocycles. The lowest BCUT2D eigenvalue weighted by atomic mass is 9.92. The van der Waals surface area contributed by atoms with Crippen LogP contribution in [0, 0.1) is 5.82 Å². The van der Waals surface area contributed by atoms with Gasteiger partial charge in [-0.2, -0.15) is 0 Å². The number of likely N-dealkylation sites (tertiary alicyclic amines) is 1. The minimum atomic E-state index is -0.284. The summed E-state index contributed by atoms with van der Waals surface area (Å²) in [6, 6.07) is 5.92. The van der Waals surface area contributed by atoms with E-state index in [1.165, 1.54) is 6.07 Å². The summed E-state index contributed by atoms with van der Waals surface area (Å²) in [6.07, 6.45) is 2.81. The van der Waals surface area contributed by atoms with Gasteiger partial charge in [-0.15, -0.1) is 0 Å². The molecule has 1 aromatic rings. The molecule has 0 bridgehead atoms. The second-order valence-electron chi connectivity index (χ2n) is 5.69. The molecule has 21 heavy (non-hydrogen) atoms. The van der Waals surface area contributed by atoms with Crippen molar-refractivity contribution in [2.75, 3.05) is 13.6 Å². The van der Waals surface area contributed by atoms with Gasteiger partial charge in [0.2, 0.25) is 5.91 Å². The zero-order valence-electron chi connectivity index (χ0n) is 12.7. The molecule has 2 rings (SSSR count). The lowest BCUT2D eigenvalue weighted by Gasteiger charge is -2.42. The lowest BCUT2D eigenvalue weighted by Crippen LogP contribution is -2.53. The highest BCUT2D eigenvalue weighted by Gasteiger charge is 2.36. The first-order chi connectivity index (χ1) is 10.1. The van der Waals surface area contributed by atoms with Crippen molar-refractivity contribution in [3.05, 3.63) is 35.6 Å². The van der Waals surface area contributed by atoms with Crippen LogP contribution in [0.25, 0.3) is 0 Å². The quantitative estimate of drug-likeness (QED) is 0.890. The molecule has 1 heterocycles. The SMILES string of the molecule is CNC(=O)C1CCCCN1C(c1ccccc1F)C(C)N. The van der Waals surface area contributed by atoms with Crippen molar-refractivity contribution in [3.8, 4) is 0 Å². The van der Waals surface area contributed by atoms with Crippen LogP contribution in [0.2, 0.25) is 0 Å². The smallest absolute Gasteiger partial charge is 0.237 e. The molecule has 1 saturated heterocycles. The number of amides is 1. The summed E-state index contributed by atoms with van der Waals surface area (Å²) in [4.78, 5) is 14.2. The molecule has 3 unspecified atom stereocenters. The number of piperidine rings is 1. The van der Waals surface area contributed by atoms with E-state index in [-0.39, 0.29) is 29.8 Å². The molecule has 0 aliphatic carbocycles. The van der Waals surface area contributed by atoms with Crippen LogP contribution in [-0.4, -0.2) is 36.5 Å². The molecular weight excluding hydrogens is 269 g/mol. The number of carbonyl (C=O) groups is 1. The Morgan fingerprint density at radius 1 is 1.43 bits per heavy atom. The maximum absolute atomic E-state index is 14.2. The Morgan fingerprint density at radius 3 is 2.76 bits per heavy atom. The Balaban J connectivity index is 2.36. The fraction of sp³-hybridized carbons (Fsp3) is 0.562. The summed E-state index contributed by atoms with van der Waals surface area (Å²) >= 11 is 0. The van der Waals surface area contributed by atoms with Gasteiger partial charge in [0.1, 0.15) is 5.82 Å². The van der Waals surface area contributed by atoms with Gasteiger partial charge < -0.3 is 11.1 Å². The number of nitrogens with zero attached hydrogens (tertiary/aromatic N) is 1. The van der Waals surface area contributed by atoms with Gasteiger partial charge >= 0.3 is 0 Å². The average Bonchev–Trinajstić information content (AvgIpc) is 2.49. The molecule has 116 valence electrons.